The van der Waals surface area contributed by atoms with Crippen molar-refractivity contribution in [2.24, 2.45) is 0 Å². The third-order valence-electron chi connectivity index (χ3n) is 2.72. The molecule has 0 aromatic heterocycles. The summed E-state index contributed by atoms with van der Waals surface area (Å²) < 4.78 is 65.7. The van der Waals surface area contributed by atoms with Crippen molar-refractivity contribution in [3.8, 4) is 0 Å². The number of nitrogens with zero attached hydrogens (tertiary/aromatic N) is 1. The lowest BCUT2D eigenvalue weighted by Gasteiger charge is -2.35. The molecule has 0 amide bonds. The van der Waals surface area contributed by atoms with Crippen molar-refractivity contribution in [1.29, 1.82) is 0 Å². The Balaban J connectivity index is 3.27. The Bertz CT molecular complexity index is 504. The minimum absolute atomic E-state index is 0.0757. The molecule has 0 radical (unpaired) electrons. The van der Waals surface area contributed by atoms with E-state index in [1.165, 1.54) is 12.1 Å². The maximum atomic E-state index is 13.5. The van der Waals surface area contributed by atoms with Gasteiger partial charge in [-0.2, -0.15) is 13.2 Å². The SMILES string of the molecule is CN([C@@H](c1ccc(Br)c(F)c1)C(F)(F)F)[S@+]([O-])C(C)(C)C. The molecule has 2 atom stereocenters. The quantitative estimate of drug-likeness (QED) is 0.558. The fourth-order valence-electron chi connectivity index (χ4n) is 1.82. The molecule has 0 unspecified atom stereocenters. The molecule has 0 aliphatic heterocycles. The molecule has 21 heavy (non-hydrogen) atoms. The Morgan fingerprint density at radius 3 is 2.14 bits per heavy atom. The van der Waals surface area contributed by atoms with Gasteiger partial charge in [0.15, 0.2) is 6.04 Å². The van der Waals surface area contributed by atoms with E-state index >= 15 is 0 Å². The molecule has 0 bridgehead atoms. The molecule has 0 spiro atoms. The topological polar surface area (TPSA) is 26.3 Å². The van der Waals surface area contributed by atoms with Crippen LogP contribution in [0.25, 0.3) is 0 Å². The summed E-state index contributed by atoms with van der Waals surface area (Å²) in [6.45, 7) is 4.74. The van der Waals surface area contributed by atoms with Gasteiger partial charge in [0.25, 0.3) is 0 Å². The summed E-state index contributed by atoms with van der Waals surface area (Å²) in [4.78, 5) is 0. The van der Waals surface area contributed by atoms with Gasteiger partial charge in [-0.3, -0.25) is 0 Å². The van der Waals surface area contributed by atoms with Gasteiger partial charge >= 0.3 is 6.18 Å². The van der Waals surface area contributed by atoms with Crippen LogP contribution >= 0.6 is 15.9 Å². The van der Waals surface area contributed by atoms with E-state index in [9.17, 15) is 22.1 Å². The normalized spacial score (nSPS) is 16.1. The van der Waals surface area contributed by atoms with Crippen molar-refractivity contribution in [2.75, 3.05) is 7.05 Å². The largest absolute Gasteiger partial charge is 0.597 e. The summed E-state index contributed by atoms with van der Waals surface area (Å²) in [5, 5.41) is 0. The van der Waals surface area contributed by atoms with Crippen molar-refractivity contribution in [3.05, 3.63) is 34.1 Å². The van der Waals surface area contributed by atoms with Gasteiger partial charge in [0.05, 0.1) is 4.47 Å². The number of rotatable bonds is 3. The summed E-state index contributed by atoms with van der Waals surface area (Å²) >= 11 is 1.00. The first-order chi connectivity index (χ1) is 9.35. The fourth-order valence-corrected chi connectivity index (χ4v) is 3.36. The van der Waals surface area contributed by atoms with Crippen molar-refractivity contribution in [1.82, 2.24) is 4.31 Å². The average molecular weight is 390 g/mol. The number of hydrogen-bond donors (Lipinski definition) is 0. The van der Waals surface area contributed by atoms with Gasteiger partial charge in [-0.05, 0) is 54.4 Å². The monoisotopic (exact) mass is 389 g/mol. The second kappa shape index (κ2) is 6.44. The van der Waals surface area contributed by atoms with E-state index in [1.54, 1.807) is 20.8 Å². The van der Waals surface area contributed by atoms with Gasteiger partial charge in [0.1, 0.15) is 10.6 Å². The molecular weight excluding hydrogens is 374 g/mol. The van der Waals surface area contributed by atoms with Gasteiger partial charge in [-0.25, -0.2) is 4.39 Å². The van der Waals surface area contributed by atoms with Gasteiger partial charge in [0, 0.05) is 18.4 Å². The maximum absolute atomic E-state index is 13.5. The van der Waals surface area contributed by atoms with Crippen molar-refractivity contribution >= 4 is 27.3 Å². The van der Waals surface area contributed by atoms with Crippen molar-refractivity contribution in [2.45, 2.75) is 37.7 Å². The van der Waals surface area contributed by atoms with Crippen LogP contribution in [0.1, 0.15) is 32.4 Å². The smallest absolute Gasteiger partial charge is 0.412 e. The molecule has 1 rings (SSSR count). The number of alkyl halides is 3. The van der Waals surface area contributed by atoms with Gasteiger partial charge in [-0.1, -0.05) is 6.07 Å². The minimum Gasteiger partial charge on any atom is -0.597 e. The average Bonchev–Trinajstić information content (AvgIpc) is 2.30. The summed E-state index contributed by atoms with van der Waals surface area (Å²) in [6.07, 6.45) is -4.67. The standard InChI is InChI=1S/C13H16BrF4NOS/c1-12(2,3)21(20)19(4)11(13(16,17)18)8-5-6-9(14)10(15)7-8/h5-7,11H,1-4H3/t11-,21+/m0/s1. The van der Waals surface area contributed by atoms with E-state index in [0.29, 0.717) is 0 Å². The second-order valence-electron chi connectivity index (χ2n) is 5.53. The molecule has 1 aromatic carbocycles. The van der Waals surface area contributed by atoms with Crippen LogP contribution in [-0.2, 0) is 11.4 Å². The van der Waals surface area contributed by atoms with Gasteiger partial charge < -0.3 is 4.55 Å². The zero-order chi connectivity index (χ0) is 16.6. The fraction of sp³-hybridized carbons (Fsp3) is 0.538. The Morgan fingerprint density at radius 1 is 1.24 bits per heavy atom. The van der Waals surface area contributed by atoms with Crippen LogP contribution in [0.5, 0.6) is 0 Å². The van der Waals surface area contributed by atoms with Crippen LogP contribution in [-0.4, -0.2) is 26.8 Å². The van der Waals surface area contributed by atoms with E-state index in [-0.39, 0.29) is 10.0 Å². The molecule has 0 saturated heterocycles. The Kier molecular flexibility index (Phi) is 5.74. The van der Waals surface area contributed by atoms with Crippen LogP contribution < -0.4 is 0 Å². The predicted molar refractivity (Wildman–Crippen MR) is 78.6 cm³/mol. The molecule has 0 aliphatic carbocycles. The van der Waals surface area contributed by atoms with Crippen LogP contribution in [0.15, 0.2) is 22.7 Å². The first kappa shape index (κ1) is 18.7. The lowest BCUT2D eigenvalue weighted by Crippen LogP contribution is -2.46. The summed E-state index contributed by atoms with van der Waals surface area (Å²) in [7, 11) is 1.12. The second-order valence-corrected chi connectivity index (χ2v) is 8.68. The van der Waals surface area contributed by atoms with Gasteiger partial charge in [0.2, 0.25) is 0 Å². The highest BCUT2D eigenvalue weighted by Gasteiger charge is 2.50. The molecule has 2 nitrogen and oxygen atoms in total. The van der Waals surface area contributed by atoms with Crippen molar-refractivity contribution in [3.63, 3.8) is 0 Å². The minimum atomic E-state index is -4.67. The molecule has 8 heteroatoms. The highest BCUT2D eigenvalue weighted by atomic mass is 79.9. The first-order valence-electron chi connectivity index (χ1n) is 6.02. The highest BCUT2D eigenvalue weighted by molar-refractivity contribution is 9.10. The lowest BCUT2D eigenvalue weighted by molar-refractivity contribution is -0.171. The third-order valence-corrected chi connectivity index (χ3v) is 5.14. The van der Waals surface area contributed by atoms with E-state index in [4.69, 9.17) is 0 Å². The molecule has 0 aliphatic rings. The number of hydrogen-bond acceptors (Lipinski definition) is 2. The highest BCUT2D eigenvalue weighted by Crippen LogP contribution is 2.40. The molecule has 0 heterocycles. The zero-order valence-corrected chi connectivity index (χ0v) is 14.4. The van der Waals surface area contributed by atoms with E-state index in [0.717, 1.165) is 17.4 Å². The maximum Gasteiger partial charge on any atom is 0.412 e. The van der Waals surface area contributed by atoms with Crippen LogP contribution in [0.3, 0.4) is 0 Å². The van der Waals surface area contributed by atoms with E-state index < -0.39 is 34.1 Å². The summed E-state index contributed by atoms with van der Waals surface area (Å²) in [6, 6.07) is 1.04. The van der Waals surface area contributed by atoms with E-state index in [2.05, 4.69) is 15.9 Å². The number of benzene rings is 1. The summed E-state index contributed by atoms with van der Waals surface area (Å²) in [5.41, 5.74) is -0.289. The van der Waals surface area contributed by atoms with Crippen LogP contribution in [0.4, 0.5) is 17.6 Å². The predicted octanol–water partition coefficient (Wildman–Crippen LogP) is 4.59. The molecular formula is C13H16BrF4NOS. The van der Waals surface area contributed by atoms with Crippen LogP contribution in [0.2, 0.25) is 0 Å². The van der Waals surface area contributed by atoms with E-state index in [1.807, 2.05) is 0 Å². The Hall–Kier alpha value is -0.310. The van der Waals surface area contributed by atoms with Crippen LogP contribution in [0, 0.1) is 5.82 Å². The molecule has 0 fully saturated rings. The first-order valence-corrected chi connectivity index (χ1v) is 7.92. The van der Waals surface area contributed by atoms with Gasteiger partial charge in [-0.15, -0.1) is 4.31 Å². The lowest BCUT2D eigenvalue weighted by atomic mass is 10.1. The molecule has 0 saturated carbocycles. The Morgan fingerprint density at radius 2 is 1.76 bits per heavy atom. The molecule has 120 valence electrons. The van der Waals surface area contributed by atoms with Crippen molar-refractivity contribution < 1.29 is 22.1 Å². The Labute approximate surface area is 133 Å². The number of halogens is 5. The molecule has 0 N–H and O–H groups in total. The third kappa shape index (κ3) is 4.58. The zero-order valence-electron chi connectivity index (χ0n) is 12.0. The molecule has 1 aromatic rings. The summed E-state index contributed by atoms with van der Waals surface area (Å²) in [5.74, 6) is -0.795.